The van der Waals surface area contributed by atoms with Crippen LogP contribution < -0.4 is 4.74 Å². The van der Waals surface area contributed by atoms with E-state index >= 15 is 0 Å². The molecule has 94 valence electrons. The number of rotatable bonds is 4. The standard InChI is InChI=1S/C12H12ClN3O2/c1-16-7-9(14-15-16)6-11(17)10-4-3-8(13)5-12(10)18-2/h3-5,7H,6H2,1-2H3. The summed E-state index contributed by atoms with van der Waals surface area (Å²) in [7, 11) is 3.26. The minimum absolute atomic E-state index is 0.0796. The Kier molecular flexibility index (Phi) is 3.62. The summed E-state index contributed by atoms with van der Waals surface area (Å²) in [5.41, 5.74) is 1.12. The second-order valence-electron chi connectivity index (χ2n) is 3.83. The molecule has 0 aliphatic rings. The molecular formula is C12H12ClN3O2. The van der Waals surface area contributed by atoms with Gasteiger partial charge in [0.15, 0.2) is 5.78 Å². The summed E-state index contributed by atoms with van der Waals surface area (Å²) in [6.45, 7) is 0. The minimum atomic E-state index is -0.0796. The van der Waals surface area contributed by atoms with Gasteiger partial charge in [-0.15, -0.1) is 5.10 Å². The molecule has 2 aromatic rings. The van der Waals surface area contributed by atoms with Gasteiger partial charge in [0, 0.05) is 18.3 Å². The van der Waals surface area contributed by atoms with Gasteiger partial charge in [0.05, 0.1) is 24.8 Å². The highest BCUT2D eigenvalue weighted by molar-refractivity contribution is 6.30. The van der Waals surface area contributed by atoms with E-state index in [-0.39, 0.29) is 12.2 Å². The molecule has 0 saturated carbocycles. The van der Waals surface area contributed by atoms with Gasteiger partial charge in [-0.3, -0.25) is 9.48 Å². The fourth-order valence-electron chi connectivity index (χ4n) is 1.63. The van der Waals surface area contributed by atoms with Crippen molar-refractivity contribution < 1.29 is 9.53 Å². The predicted molar refractivity (Wildman–Crippen MR) is 67.0 cm³/mol. The van der Waals surface area contributed by atoms with Crippen molar-refractivity contribution >= 4 is 17.4 Å². The molecule has 0 aliphatic heterocycles. The van der Waals surface area contributed by atoms with Crippen molar-refractivity contribution in [2.45, 2.75) is 6.42 Å². The van der Waals surface area contributed by atoms with E-state index in [1.165, 1.54) is 7.11 Å². The summed E-state index contributed by atoms with van der Waals surface area (Å²) in [6, 6.07) is 4.93. The van der Waals surface area contributed by atoms with Crippen molar-refractivity contribution in [3.63, 3.8) is 0 Å². The number of carbonyl (C=O) groups is 1. The summed E-state index contributed by atoms with van der Waals surface area (Å²) >= 11 is 5.85. The Morgan fingerprint density at radius 3 is 2.89 bits per heavy atom. The fraction of sp³-hybridized carbons (Fsp3) is 0.250. The summed E-state index contributed by atoms with van der Waals surface area (Å²) < 4.78 is 6.70. The molecule has 0 unspecified atom stereocenters. The van der Waals surface area contributed by atoms with Crippen LogP contribution >= 0.6 is 11.6 Å². The molecule has 18 heavy (non-hydrogen) atoms. The number of ether oxygens (including phenoxy) is 1. The first-order chi connectivity index (χ1) is 8.60. The third-order valence-electron chi connectivity index (χ3n) is 2.46. The van der Waals surface area contributed by atoms with Gasteiger partial charge in [-0.25, -0.2) is 0 Å². The lowest BCUT2D eigenvalue weighted by Gasteiger charge is -2.06. The van der Waals surface area contributed by atoms with Crippen LogP contribution in [0.1, 0.15) is 16.1 Å². The number of halogens is 1. The highest BCUT2D eigenvalue weighted by atomic mass is 35.5. The number of hydrogen-bond donors (Lipinski definition) is 0. The van der Waals surface area contributed by atoms with Crippen LogP contribution in [-0.4, -0.2) is 27.9 Å². The number of ketones is 1. The Labute approximate surface area is 109 Å². The number of Topliss-reactive ketones (excluding diaryl/α,β-unsaturated/α-hetero) is 1. The number of methoxy groups -OCH3 is 1. The van der Waals surface area contributed by atoms with Gasteiger partial charge in [-0.2, -0.15) is 0 Å². The molecule has 0 amide bonds. The molecule has 2 rings (SSSR count). The molecule has 1 aromatic heterocycles. The molecule has 1 heterocycles. The third-order valence-corrected chi connectivity index (χ3v) is 2.69. The van der Waals surface area contributed by atoms with Crippen molar-refractivity contribution in [3.05, 3.63) is 40.7 Å². The molecule has 1 aromatic carbocycles. The van der Waals surface area contributed by atoms with Gasteiger partial charge in [0.1, 0.15) is 5.75 Å². The van der Waals surface area contributed by atoms with Gasteiger partial charge in [-0.1, -0.05) is 16.8 Å². The summed E-state index contributed by atoms with van der Waals surface area (Å²) in [5.74, 6) is 0.389. The molecule has 0 bridgehead atoms. The molecule has 0 saturated heterocycles. The van der Waals surface area contributed by atoms with Crippen LogP contribution in [0.2, 0.25) is 5.02 Å². The normalized spacial score (nSPS) is 10.4. The van der Waals surface area contributed by atoms with Crippen molar-refractivity contribution in [2.75, 3.05) is 7.11 Å². The second kappa shape index (κ2) is 5.18. The number of nitrogens with zero attached hydrogens (tertiary/aromatic N) is 3. The summed E-state index contributed by atoms with van der Waals surface area (Å²) in [4.78, 5) is 12.1. The van der Waals surface area contributed by atoms with Crippen molar-refractivity contribution in [1.82, 2.24) is 15.0 Å². The van der Waals surface area contributed by atoms with E-state index in [4.69, 9.17) is 16.3 Å². The fourth-order valence-corrected chi connectivity index (χ4v) is 1.79. The molecule has 5 nitrogen and oxygen atoms in total. The molecule has 0 fully saturated rings. The van der Waals surface area contributed by atoms with Crippen LogP contribution in [0.4, 0.5) is 0 Å². The Morgan fingerprint density at radius 1 is 1.50 bits per heavy atom. The lowest BCUT2D eigenvalue weighted by atomic mass is 10.1. The zero-order valence-corrected chi connectivity index (χ0v) is 10.8. The number of carbonyl (C=O) groups excluding carboxylic acids is 1. The number of aryl methyl sites for hydroxylation is 1. The number of benzene rings is 1. The predicted octanol–water partition coefficient (Wildman–Crippen LogP) is 1.90. The Bertz CT molecular complexity index is 580. The third kappa shape index (κ3) is 2.68. The van der Waals surface area contributed by atoms with Gasteiger partial charge >= 0.3 is 0 Å². The second-order valence-corrected chi connectivity index (χ2v) is 4.26. The topological polar surface area (TPSA) is 57.0 Å². The van der Waals surface area contributed by atoms with Crippen LogP contribution in [0.5, 0.6) is 5.75 Å². The molecular weight excluding hydrogens is 254 g/mol. The van der Waals surface area contributed by atoms with E-state index in [9.17, 15) is 4.79 Å². The van der Waals surface area contributed by atoms with Crippen LogP contribution in [0, 0.1) is 0 Å². The summed E-state index contributed by atoms with van der Waals surface area (Å²) in [5, 5.41) is 8.19. The molecule has 0 atom stereocenters. The van der Waals surface area contributed by atoms with Crippen LogP contribution in [-0.2, 0) is 13.5 Å². The highest BCUT2D eigenvalue weighted by Gasteiger charge is 2.14. The van der Waals surface area contributed by atoms with Crippen molar-refractivity contribution in [3.8, 4) is 5.75 Å². The average Bonchev–Trinajstić information content (AvgIpc) is 2.74. The lowest BCUT2D eigenvalue weighted by molar-refractivity contribution is 0.0989. The maximum atomic E-state index is 12.1. The van der Waals surface area contributed by atoms with Crippen LogP contribution in [0.15, 0.2) is 24.4 Å². The molecule has 0 spiro atoms. The zero-order valence-electron chi connectivity index (χ0n) is 10.1. The van der Waals surface area contributed by atoms with Crippen LogP contribution in [0.25, 0.3) is 0 Å². The Balaban J connectivity index is 2.23. The quantitative estimate of drug-likeness (QED) is 0.793. The van der Waals surface area contributed by atoms with E-state index in [1.807, 2.05) is 0 Å². The Hall–Kier alpha value is -1.88. The number of aromatic nitrogens is 3. The lowest BCUT2D eigenvalue weighted by Crippen LogP contribution is -2.06. The van der Waals surface area contributed by atoms with E-state index in [0.717, 1.165) is 0 Å². The van der Waals surface area contributed by atoms with E-state index in [1.54, 1.807) is 36.1 Å². The van der Waals surface area contributed by atoms with Gasteiger partial charge in [0.25, 0.3) is 0 Å². The van der Waals surface area contributed by atoms with E-state index < -0.39 is 0 Å². The molecule has 0 aliphatic carbocycles. The molecule has 6 heteroatoms. The largest absolute Gasteiger partial charge is 0.496 e. The smallest absolute Gasteiger partial charge is 0.172 e. The first-order valence-electron chi connectivity index (χ1n) is 5.32. The monoisotopic (exact) mass is 265 g/mol. The van der Waals surface area contributed by atoms with Crippen LogP contribution in [0.3, 0.4) is 0 Å². The van der Waals surface area contributed by atoms with Crippen molar-refractivity contribution in [2.24, 2.45) is 7.05 Å². The first kappa shape index (κ1) is 12.6. The van der Waals surface area contributed by atoms with Gasteiger partial charge in [-0.05, 0) is 18.2 Å². The van der Waals surface area contributed by atoms with E-state index in [2.05, 4.69) is 10.3 Å². The molecule has 0 radical (unpaired) electrons. The molecule has 0 N–H and O–H groups in total. The average molecular weight is 266 g/mol. The zero-order chi connectivity index (χ0) is 13.1. The van der Waals surface area contributed by atoms with E-state index in [0.29, 0.717) is 22.0 Å². The SMILES string of the molecule is COc1cc(Cl)ccc1C(=O)Cc1cn(C)nn1. The first-order valence-corrected chi connectivity index (χ1v) is 5.70. The maximum absolute atomic E-state index is 12.1. The van der Waals surface area contributed by atoms with Gasteiger partial charge < -0.3 is 4.74 Å². The highest BCUT2D eigenvalue weighted by Crippen LogP contribution is 2.24. The minimum Gasteiger partial charge on any atom is -0.496 e. The summed E-state index contributed by atoms with van der Waals surface area (Å²) in [6.07, 6.45) is 1.89. The Morgan fingerprint density at radius 2 is 2.28 bits per heavy atom. The van der Waals surface area contributed by atoms with Gasteiger partial charge in [0.2, 0.25) is 0 Å². The van der Waals surface area contributed by atoms with Crippen molar-refractivity contribution in [1.29, 1.82) is 0 Å². The maximum Gasteiger partial charge on any atom is 0.172 e. The number of hydrogen-bond acceptors (Lipinski definition) is 4.